The molecule has 0 aliphatic rings. The van der Waals surface area contributed by atoms with Crippen molar-refractivity contribution in [3.05, 3.63) is 65.5 Å². The molecule has 1 aromatic heterocycles. The molecule has 3 aromatic rings. The summed E-state index contributed by atoms with van der Waals surface area (Å²) >= 11 is 0. The fourth-order valence-corrected chi connectivity index (χ4v) is 2.63. The summed E-state index contributed by atoms with van der Waals surface area (Å²) in [6.07, 6.45) is 0.568. The minimum atomic E-state index is -0.426. The molecule has 0 fully saturated rings. The number of rotatable bonds is 5. The van der Waals surface area contributed by atoms with Crippen LogP contribution in [0.2, 0.25) is 0 Å². The highest BCUT2D eigenvalue weighted by molar-refractivity contribution is 5.81. The van der Waals surface area contributed by atoms with Gasteiger partial charge < -0.3 is 9.72 Å². The molecule has 0 bridgehead atoms. The maximum atomic E-state index is 12.4. The summed E-state index contributed by atoms with van der Waals surface area (Å²) in [5.41, 5.74) is 4.08. The highest BCUT2D eigenvalue weighted by Crippen LogP contribution is 2.23. The predicted octanol–water partition coefficient (Wildman–Crippen LogP) is 3.76. The number of carbonyl (C=O) groups excluding carboxylic acids is 1. The molecule has 23 heavy (non-hydrogen) atoms. The molecule has 0 aliphatic heterocycles. The first-order valence-electron chi connectivity index (χ1n) is 7.84. The van der Waals surface area contributed by atoms with Crippen molar-refractivity contribution in [3.63, 3.8) is 0 Å². The zero-order valence-electron chi connectivity index (χ0n) is 13.4. The summed E-state index contributed by atoms with van der Waals surface area (Å²) in [6, 6.07) is 16.0. The van der Waals surface area contributed by atoms with Gasteiger partial charge in [0.05, 0.1) is 17.6 Å². The van der Waals surface area contributed by atoms with Gasteiger partial charge >= 0.3 is 5.97 Å². The Morgan fingerprint density at radius 1 is 1.17 bits per heavy atom. The Morgan fingerprint density at radius 3 is 2.61 bits per heavy atom. The lowest BCUT2D eigenvalue weighted by atomic mass is 9.98. The van der Waals surface area contributed by atoms with Crippen molar-refractivity contribution in [1.82, 2.24) is 9.97 Å². The number of para-hydroxylation sites is 2. The van der Waals surface area contributed by atoms with E-state index in [1.807, 2.05) is 50.2 Å². The summed E-state index contributed by atoms with van der Waals surface area (Å²) in [5.74, 6) is -0.0117. The van der Waals surface area contributed by atoms with Gasteiger partial charge in [-0.3, -0.25) is 4.79 Å². The zero-order chi connectivity index (χ0) is 16.2. The van der Waals surface area contributed by atoms with E-state index in [1.54, 1.807) is 0 Å². The molecule has 0 amide bonds. The van der Waals surface area contributed by atoms with Crippen LogP contribution in [0.15, 0.2) is 48.5 Å². The van der Waals surface area contributed by atoms with E-state index in [1.165, 1.54) is 5.56 Å². The van der Waals surface area contributed by atoms with Crippen LogP contribution in [-0.4, -0.2) is 22.5 Å². The van der Waals surface area contributed by atoms with E-state index in [2.05, 4.69) is 22.1 Å². The Labute approximate surface area is 135 Å². The van der Waals surface area contributed by atoms with E-state index in [0.717, 1.165) is 16.6 Å². The van der Waals surface area contributed by atoms with Gasteiger partial charge in [0.25, 0.3) is 0 Å². The van der Waals surface area contributed by atoms with Crippen LogP contribution >= 0.6 is 0 Å². The summed E-state index contributed by atoms with van der Waals surface area (Å²) in [5, 5.41) is 0. The quantitative estimate of drug-likeness (QED) is 0.730. The van der Waals surface area contributed by atoms with Gasteiger partial charge in [-0.1, -0.05) is 42.0 Å². The first-order valence-corrected chi connectivity index (χ1v) is 7.84. The highest BCUT2D eigenvalue weighted by Gasteiger charge is 2.25. The molecule has 1 N–H and O–H groups in total. The molecule has 2 aromatic carbocycles. The van der Waals surface area contributed by atoms with Crippen LogP contribution < -0.4 is 0 Å². The van der Waals surface area contributed by atoms with Crippen molar-refractivity contribution >= 4 is 17.0 Å². The molecule has 4 heteroatoms. The van der Waals surface area contributed by atoms with E-state index in [4.69, 9.17) is 4.74 Å². The van der Waals surface area contributed by atoms with Gasteiger partial charge in [0, 0.05) is 0 Å². The number of nitrogens with one attached hydrogen (secondary N) is 1. The molecule has 0 saturated carbocycles. The van der Waals surface area contributed by atoms with Gasteiger partial charge in [0.15, 0.2) is 0 Å². The fourth-order valence-electron chi connectivity index (χ4n) is 2.63. The molecule has 4 nitrogen and oxygen atoms in total. The average Bonchev–Trinajstić information content (AvgIpc) is 2.98. The summed E-state index contributed by atoms with van der Waals surface area (Å²) in [7, 11) is 0. The molecule has 3 rings (SSSR count). The minimum Gasteiger partial charge on any atom is -0.465 e. The number of H-pyrrole nitrogens is 1. The third kappa shape index (κ3) is 3.42. The van der Waals surface area contributed by atoms with Gasteiger partial charge in [-0.25, -0.2) is 4.98 Å². The van der Waals surface area contributed by atoms with Gasteiger partial charge in [-0.05, 0) is 38.0 Å². The van der Waals surface area contributed by atoms with Crippen LogP contribution in [0.3, 0.4) is 0 Å². The van der Waals surface area contributed by atoms with Crippen LogP contribution in [0.4, 0.5) is 0 Å². The maximum absolute atomic E-state index is 12.4. The van der Waals surface area contributed by atoms with Gasteiger partial charge in [0.2, 0.25) is 0 Å². The van der Waals surface area contributed by atoms with Crippen LogP contribution in [-0.2, 0) is 16.0 Å². The fraction of sp³-hybridized carbons (Fsp3) is 0.263. The van der Waals surface area contributed by atoms with Crippen molar-refractivity contribution in [2.45, 2.75) is 26.2 Å². The topological polar surface area (TPSA) is 55.0 Å². The average molecular weight is 308 g/mol. The first-order chi connectivity index (χ1) is 11.2. The number of hydrogen-bond donors (Lipinski definition) is 1. The van der Waals surface area contributed by atoms with E-state index in [9.17, 15) is 4.79 Å². The third-order valence-corrected chi connectivity index (χ3v) is 3.87. The Morgan fingerprint density at radius 2 is 1.91 bits per heavy atom. The van der Waals surface area contributed by atoms with Crippen LogP contribution in [0.5, 0.6) is 0 Å². The van der Waals surface area contributed by atoms with Crippen LogP contribution in [0, 0.1) is 6.92 Å². The lowest BCUT2D eigenvalue weighted by molar-refractivity contribution is -0.145. The standard InChI is InChI=1S/C19H20N2O2/c1-3-23-19(22)15(12-14-10-8-13(2)9-11-14)18-20-16-6-4-5-7-17(16)21-18/h4-11,15H,3,12H2,1-2H3,(H,20,21)/t15-/m1/s1. The van der Waals surface area contributed by atoms with E-state index in [0.29, 0.717) is 18.9 Å². The van der Waals surface area contributed by atoms with Gasteiger partial charge in [-0.15, -0.1) is 0 Å². The van der Waals surface area contributed by atoms with Crippen molar-refractivity contribution in [2.75, 3.05) is 6.61 Å². The second-order valence-electron chi connectivity index (χ2n) is 5.63. The van der Waals surface area contributed by atoms with Crippen LogP contribution in [0.25, 0.3) is 11.0 Å². The molecular formula is C19H20N2O2. The van der Waals surface area contributed by atoms with Crippen molar-refractivity contribution < 1.29 is 9.53 Å². The van der Waals surface area contributed by atoms with Crippen molar-refractivity contribution in [3.8, 4) is 0 Å². The SMILES string of the molecule is CCOC(=O)[C@H](Cc1ccc(C)cc1)c1nc2ccccc2[nH]1. The van der Waals surface area contributed by atoms with Crippen molar-refractivity contribution in [2.24, 2.45) is 0 Å². The third-order valence-electron chi connectivity index (χ3n) is 3.87. The molecule has 0 spiro atoms. The Kier molecular flexibility index (Phi) is 4.42. The Hall–Kier alpha value is -2.62. The number of nitrogens with zero attached hydrogens (tertiary/aromatic N) is 1. The molecule has 1 atom stereocenters. The molecule has 1 heterocycles. The van der Waals surface area contributed by atoms with E-state index < -0.39 is 5.92 Å². The smallest absolute Gasteiger partial charge is 0.316 e. The number of aromatic amines is 1. The number of aromatic nitrogens is 2. The number of ether oxygens (including phenoxy) is 1. The first kappa shape index (κ1) is 15.3. The molecule has 0 saturated heterocycles. The highest BCUT2D eigenvalue weighted by atomic mass is 16.5. The number of imidazole rings is 1. The zero-order valence-corrected chi connectivity index (χ0v) is 13.4. The molecule has 118 valence electrons. The Balaban J connectivity index is 1.94. The summed E-state index contributed by atoms with van der Waals surface area (Å²) in [4.78, 5) is 20.2. The van der Waals surface area contributed by atoms with Gasteiger partial charge in [-0.2, -0.15) is 0 Å². The number of hydrogen-bond acceptors (Lipinski definition) is 3. The molecule has 0 radical (unpaired) electrons. The van der Waals surface area contributed by atoms with Crippen LogP contribution in [0.1, 0.15) is 29.8 Å². The molecule has 0 aliphatic carbocycles. The Bertz CT molecular complexity index is 773. The molecular weight excluding hydrogens is 288 g/mol. The van der Waals surface area contributed by atoms with Crippen molar-refractivity contribution in [1.29, 1.82) is 0 Å². The normalized spacial score (nSPS) is 12.3. The molecule has 0 unspecified atom stereocenters. The number of benzene rings is 2. The lowest BCUT2D eigenvalue weighted by Gasteiger charge is -2.13. The van der Waals surface area contributed by atoms with E-state index in [-0.39, 0.29) is 5.97 Å². The monoisotopic (exact) mass is 308 g/mol. The second-order valence-corrected chi connectivity index (χ2v) is 5.63. The number of carbonyl (C=O) groups is 1. The number of esters is 1. The summed E-state index contributed by atoms with van der Waals surface area (Å²) < 4.78 is 5.25. The minimum absolute atomic E-state index is 0.243. The number of fused-ring (bicyclic) bond motifs is 1. The van der Waals surface area contributed by atoms with Gasteiger partial charge in [0.1, 0.15) is 11.7 Å². The summed E-state index contributed by atoms with van der Waals surface area (Å²) in [6.45, 7) is 4.23. The second kappa shape index (κ2) is 6.65. The predicted molar refractivity (Wildman–Crippen MR) is 90.4 cm³/mol. The largest absolute Gasteiger partial charge is 0.465 e. The maximum Gasteiger partial charge on any atom is 0.316 e. The lowest BCUT2D eigenvalue weighted by Crippen LogP contribution is -2.19. The number of aryl methyl sites for hydroxylation is 1. The van der Waals surface area contributed by atoms with E-state index >= 15 is 0 Å².